The Morgan fingerprint density at radius 1 is 1.19 bits per heavy atom. The van der Waals surface area contributed by atoms with E-state index in [1.807, 2.05) is 30.3 Å². The van der Waals surface area contributed by atoms with Crippen LogP contribution < -0.4 is 10.2 Å². The van der Waals surface area contributed by atoms with E-state index in [9.17, 15) is 5.11 Å². The molecule has 0 fully saturated rings. The van der Waals surface area contributed by atoms with E-state index in [4.69, 9.17) is 0 Å². The van der Waals surface area contributed by atoms with Crippen LogP contribution in [-0.4, -0.2) is 48.8 Å². The van der Waals surface area contributed by atoms with Gasteiger partial charge in [-0.3, -0.25) is 0 Å². The fourth-order valence-corrected chi connectivity index (χ4v) is 4.05. The van der Waals surface area contributed by atoms with E-state index < -0.39 is 6.10 Å². The highest BCUT2D eigenvalue weighted by molar-refractivity contribution is 5.88. The van der Waals surface area contributed by atoms with Crippen LogP contribution >= 0.6 is 0 Å². The van der Waals surface area contributed by atoms with Gasteiger partial charge >= 0.3 is 0 Å². The molecule has 2 aromatic rings. The van der Waals surface area contributed by atoms with Crippen molar-refractivity contribution in [1.29, 1.82) is 0 Å². The van der Waals surface area contributed by atoms with Gasteiger partial charge in [0, 0.05) is 49.8 Å². The van der Waals surface area contributed by atoms with Crippen molar-refractivity contribution in [2.45, 2.75) is 25.5 Å². The molecule has 4 heteroatoms. The molecule has 2 atom stereocenters. The molecule has 2 unspecified atom stereocenters. The van der Waals surface area contributed by atoms with Gasteiger partial charge in [0.1, 0.15) is 0 Å². The first-order valence-electron chi connectivity index (χ1n) is 9.38. The number of aryl methyl sites for hydroxylation is 1. The molecule has 0 aromatic heterocycles. The summed E-state index contributed by atoms with van der Waals surface area (Å²) in [6, 6.07) is 17.1. The Kier molecular flexibility index (Phi) is 4.60. The van der Waals surface area contributed by atoms with E-state index in [0.717, 1.165) is 18.7 Å². The minimum Gasteiger partial charge on any atom is -0.389 e. The number of anilines is 2. The fraction of sp³-hybridized carbons (Fsp3) is 0.364. The molecule has 2 heterocycles. The minimum absolute atomic E-state index is 0.370. The first-order chi connectivity index (χ1) is 12.6. The van der Waals surface area contributed by atoms with Crippen LogP contribution in [-0.2, 0) is 0 Å². The van der Waals surface area contributed by atoms with Crippen molar-refractivity contribution < 1.29 is 5.11 Å². The summed E-state index contributed by atoms with van der Waals surface area (Å²) in [7, 11) is 2.14. The van der Waals surface area contributed by atoms with E-state index in [0.29, 0.717) is 19.1 Å². The summed E-state index contributed by atoms with van der Waals surface area (Å²) < 4.78 is 0. The number of aliphatic hydroxyl groups is 1. The van der Waals surface area contributed by atoms with Crippen LogP contribution in [0.1, 0.15) is 17.5 Å². The maximum absolute atomic E-state index is 10.7. The van der Waals surface area contributed by atoms with Gasteiger partial charge in [0.2, 0.25) is 0 Å². The fourth-order valence-electron chi connectivity index (χ4n) is 4.05. The lowest BCUT2D eigenvalue weighted by Gasteiger charge is -2.34. The van der Waals surface area contributed by atoms with Crippen LogP contribution in [0.5, 0.6) is 0 Å². The molecule has 0 saturated carbocycles. The molecule has 0 bridgehead atoms. The second-order valence-electron chi connectivity index (χ2n) is 7.44. The monoisotopic (exact) mass is 349 g/mol. The van der Waals surface area contributed by atoms with Crippen LogP contribution in [0.25, 0.3) is 5.57 Å². The van der Waals surface area contributed by atoms with Gasteiger partial charge in [0.05, 0.1) is 12.1 Å². The second-order valence-corrected chi connectivity index (χ2v) is 7.44. The number of nitrogens with zero attached hydrogens (tertiary/aromatic N) is 2. The summed E-state index contributed by atoms with van der Waals surface area (Å²) >= 11 is 0. The number of hydrogen-bond acceptors (Lipinski definition) is 4. The molecule has 2 aromatic carbocycles. The number of hydrogen-bond donors (Lipinski definition) is 2. The predicted octanol–water partition coefficient (Wildman–Crippen LogP) is 3.33. The lowest BCUT2D eigenvalue weighted by molar-refractivity contribution is 0.190. The highest BCUT2D eigenvalue weighted by Crippen LogP contribution is 2.43. The Morgan fingerprint density at radius 2 is 2.00 bits per heavy atom. The van der Waals surface area contributed by atoms with Crippen molar-refractivity contribution >= 4 is 16.9 Å². The molecule has 0 aliphatic carbocycles. The summed E-state index contributed by atoms with van der Waals surface area (Å²) in [4.78, 5) is 4.67. The number of aliphatic hydroxyl groups excluding tert-OH is 1. The Labute approximate surface area is 155 Å². The Hall–Kier alpha value is -2.46. The van der Waals surface area contributed by atoms with Crippen LogP contribution in [0.15, 0.2) is 54.7 Å². The molecule has 136 valence electrons. The number of para-hydroxylation sites is 1. The molecule has 4 nitrogen and oxygen atoms in total. The lowest BCUT2D eigenvalue weighted by atomic mass is 9.97. The Balaban J connectivity index is 1.52. The van der Waals surface area contributed by atoms with Gasteiger partial charge in [-0.15, -0.1) is 0 Å². The molecule has 0 amide bonds. The first kappa shape index (κ1) is 17.0. The van der Waals surface area contributed by atoms with Crippen molar-refractivity contribution in [3.8, 4) is 0 Å². The second kappa shape index (κ2) is 7.04. The highest BCUT2D eigenvalue weighted by Gasteiger charge is 2.36. The van der Waals surface area contributed by atoms with E-state index in [1.165, 1.54) is 22.4 Å². The summed E-state index contributed by atoms with van der Waals surface area (Å²) in [5.74, 6) is 0. The lowest BCUT2D eigenvalue weighted by Crippen LogP contribution is -2.42. The molecule has 0 saturated heterocycles. The molecule has 2 aliphatic heterocycles. The number of rotatable bonds is 5. The molecule has 0 radical (unpaired) electrons. The smallest absolute Gasteiger partial charge is 0.0887 e. The summed E-state index contributed by atoms with van der Waals surface area (Å²) in [6.45, 7) is 4.38. The zero-order chi connectivity index (χ0) is 18.1. The SMILES string of the molecule is Cc1ccc2c(c1)C1=CN(C)CCC1N2CC(O)CNc1ccccc1. The standard InChI is InChI=1S/C22H27N3O/c1-16-8-9-21-19(12-16)20-15-24(2)11-10-22(20)25(21)14-18(26)13-23-17-6-4-3-5-7-17/h3-9,12,15,18,22-23,26H,10-11,13-14H2,1-2H3. The van der Waals surface area contributed by atoms with Crippen molar-refractivity contribution in [3.05, 3.63) is 65.9 Å². The van der Waals surface area contributed by atoms with Crippen molar-refractivity contribution in [2.24, 2.45) is 0 Å². The molecule has 0 spiro atoms. The highest BCUT2D eigenvalue weighted by atomic mass is 16.3. The van der Waals surface area contributed by atoms with E-state index in [2.05, 4.69) is 53.5 Å². The number of nitrogens with one attached hydrogen (secondary N) is 1. The van der Waals surface area contributed by atoms with Crippen LogP contribution in [0.4, 0.5) is 11.4 Å². The largest absolute Gasteiger partial charge is 0.389 e. The molecular formula is C22H27N3O. The molecular weight excluding hydrogens is 322 g/mol. The van der Waals surface area contributed by atoms with Crippen LogP contribution in [0, 0.1) is 6.92 Å². The third-order valence-electron chi connectivity index (χ3n) is 5.35. The zero-order valence-corrected chi connectivity index (χ0v) is 15.5. The summed E-state index contributed by atoms with van der Waals surface area (Å²) in [5, 5.41) is 14.0. The van der Waals surface area contributed by atoms with Crippen LogP contribution in [0.3, 0.4) is 0 Å². The normalized spacial score (nSPS) is 19.7. The van der Waals surface area contributed by atoms with E-state index >= 15 is 0 Å². The Morgan fingerprint density at radius 3 is 2.81 bits per heavy atom. The topological polar surface area (TPSA) is 38.7 Å². The third kappa shape index (κ3) is 3.29. The zero-order valence-electron chi connectivity index (χ0n) is 15.5. The van der Waals surface area contributed by atoms with Gasteiger partial charge < -0.3 is 20.2 Å². The predicted molar refractivity (Wildman–Crippen MR) is 108 cm³/mol. The van der Waals surface area contributed by atoms with E-state index in [1.54, 1.807) is 0 Å². The van der Waals surface area contributed by atoms with Crippen molar-refractivity contribution in [1.82, 2.24) is 4.90 Å². The van der Waals surface area contributed by atoms with E-state index in [-0.39, 0.29) is 0 Å². The summed E-state index contributed by atoms with van der Waals surface area (Å²) in [6.07, 6.45) is 2.94. The van der Waals surface area contributed by atoms with Crippen molar-refractivity contribution in [3.63, 3.8) is 0 Å². The molecule has 2 aliphatic rings. The average Bonchev–Trinajstić information content (AvgIpc) is 2.93. The van der Waals surface area contributed by atoms with Gasteiger partial charge in [-0.05, 0) is 43.2 Å². The van der Waals surface area contributed by atoms with Gasteiger partial charge in [-0.1, -0.05) is 29.8 Å². The minimum atomic E-state index is -0.427. The van der Waals surface area contributed by atoms with Gasteiger partial charge in [-0.25, -0.2) is 0 Å². The third-order valence-corrected chi connectivity index (χ3v) is 5.35. The number of fused-ring (bicyclic) bond motifs is 3. The number of β-amino-alcohol motifs (C(OH)–C–C–N with tert-alkyl or cyclic N) is 1. The molecule has 4 rings (SSSR count). The molecule has 26 heavy (non-hydrogen) atoms. The quantitative estimate of drug-likeness (QED) is 0.868. The van der Waals surface area contributed by atoms with Gasteiger partial charge in [0.25, 0.3) is 0 Å². The molecule has 2 N–H and O–H groups in total. The Bertz CT molecular complexity index is 802. The summed E-state index contributed by atoms with van der Waals surface area (Å²) in [5.41, 5.74) is 6.29. The first-order valence-corrected chi connectivity index (χ1v) is 9.38. The number of benzene rings is 2. The van der Waals surface area contributed by atoms with Crippen LogP contribution in [0.2, 0.25) is 0 Å². The average molecular weight is 349 g/mol. The van der Waals surface area contributed by atoms with Gasteiger partial charge in [-0.2, -0.15) is 0 Å². The maximum atomic E-state index is 10.7. The maximum Gasteiger partial charge on any atom is 0.0887 e. The van der Waals surface area contributed by atoms with Crippen molar-refractivity contribution in [2.75, 3.05) is 36.9 Å². The van der Waals surface area contributed by atoms with Gasteiger partial charge in [0.15, 0.2) is 0 Å².